The number of fused-ring (bicyclic) bond motifs is 3. The molecule has 0 saturated carbocycles. The standard InChI is InChI=1S/C45H35NS2Si2/c1-46-40-32-42(49(34-20-8-2-9-21-34,35-22-10-3-11-23-35)36-24-12-4-13-25-36)47-44(40)45-41(46)33-43(48-45)50(37-26-14-5-15-27-37,38-28-16-6-17-29-38)39-30-18-7-19-31-39/h2-33H,1H3. The lowest BCUT2D eigenvalue weighted by atomic mass is 10.3. The van der Waals surface area contributed by atoms with Gasteiger partial charge in [-0.3, -0.25) is 0 Å². The van der Waals surface area contributed by atoms with E-state index in [0.29, 0.717) is 0 Å². The lowest BCUT2D eigenvalue weighted by Crippen LogP contribution is -2.74. The van der Waals surface area contributed by atoms with Crippen molar-refractivity contribution < 1.29 is 0 Å². The van der Waals surface area contributed by atoms with Gasteiger partial charge in [-0.2, -0.15) is 0 Å². The largest absolute Gasteiger partial charge is 0.342 e. The van der Waals surface area contributed by atoms with Crippen molar-refractivity contribution in [3.05, 3.63) is 194 Å². The molecule has 240 valence electrons. The Hall–Kier alpha value is -5.05. The lowest BCUT2D eigenvalue weighted by Gasteiger charge is -2.32. The first-order chi connectivity index (χ1) is 24.7. The molecule has 0 bridgehead atoms. The van der Waals surface area contributed by atoms with E-state index < -0.39 is 16.1 Å². The van der Waals surface area contributed by atoms with Gasteiger partial charge in [0.05, 0.1) is 20.4 Å². The van der Waals surface area contributed by atoms with Crippen LogP contribution in [0.25, 0.3) is 20.4 Å². The molecule has 0 amide bonds. The molecule has 0 saturated heterocycles. The van der Waals surface area contributed by atoms with E-state index >= 15 is 0 Å². The molecular weight excluding hydrogens is 675 g/mol. The number of benzene rings is 6. The van der Waals surface area contributed by atoms with Gasteiger partial charge in [-0.1, -0.05) is 182 Å². The van der Waals surface area contributed by atoms with Crippen molar-refractivity contribution >= 4 is 99.4 Å². The van der Waals surface area contributed by atoms with E-state index in [0.717, 1.165) is 0 Å². The van der Waals surface area contributed by atoms with Crippen LogP contribution in [0, 0.1) is 0 Å². The van der Waals surface area contributed by atoms with Gasteiger partial charge < -0.3 is 4.57 Å². The second-order valence-corrected chi connectivity index (χ2v) is 23.3. The van der Waals surface area contributed by atoms with E-state index in [4.69, 9.17) is 0 Å². The van der Waals surface area contributed by atoms with Gasteiger partial charge in [0.25, 0.3) is 0 Å². The summed E-state index contributed by atoms with van der Waals surface area (Å²) in [7, 11) is -2.98. The fourth-order valence-electron chi connectivity index (χ4n) is 8.07. The number of nitrogens with zero attached hydrogens (tertiary/aromatic N) is 1. The van der Waals surface area contributed by atoms with Crippen LogP contribution in [-0.4, -0.2) is 20.7 Å². The molecule has 3 aromatic heterocycles. The highest BCUT2D eigenvalue weighted by molar-refractivity contribution is 7.44. The fourth-order valence-corrected chi connectivity index (χ4v) is 22.6. The van der Waals surface area contributed by atoms with Gasteiger partial charge in [-0.25, -0.2) is 0 Å². The third-order valence-electron chi connectivity index (χ3n) is 10.3. The van der Waals surface area contributed by atoms with Crippen LogP contribution in [0.4, 0.5) is 0 Å². The maximum Gasteiger partial charge on any atom is 0.191 e. The quantitative estimate of drug-likeness (QED) is 0.131. The SMILES string of the molecule is Cn1c2cc([Si](c3ccccc3)(c3ccccc3)c3ccccc3)sc2c2sc([Si](c3ccccc3)(c3ccccc3)c3ccccc3)cc21. The summed E-state index contributed by atoms with van der Waals surface area (Å²) in [5, 5.41) is 8.48. The summed E-state index contributed by atoms with van der Waals surface area (Å²) in [5.41, 5.74) is 2.65. The summed E-state index contributed by atoms with van der Waals surface area (Å²) in [6.45, 7) is 0. The Bertz CT molecular complexity index is 2150. The van der Waals surface area contributed by atoms with Crippen LogP contribution in [-0.2, 0) is 7.05 Å². The van der Waals surface area contributed by atoms with Crippen LogP contribution in [0.2, 0.25) is 0 Å². The number of rotatable bonds is 8. The Morgan fingerprint density at radius 1 is 0.340 bits per heavy atom. The van der Waals surface area contributed by atoms with Crippen LogP contribution in [0.5, 0.6) is 0 Å². The minimum absolute atomic E-state index is 1.32. The first-order valence-electron chi connectivity index (χ1n) is 17.1. The minimum Gasteiger partial charge on any atom is -0.342 e. The van der Waals surface area contributed by atoms with E-state index in [-0.39, 0.29) is 0 Å². The average Bonchev–Trinajstić information content (AvgIpc) is 3.89. The van der Waals surface area contributed by atoms with E-state index in [2.05, 4.69) is 206 Å². The Morgan fingerprint density at radius 2 is 0.560 bits per heavy atom. The van der Waals surface area contributed by atoms with Crippen molar-refractivity contribution in [3.63, 3.8) is 0 Å². The summed E-state index contributed by atoms with van der Waals surface area (Å²) in [6, 6.07) is 72.7. The van der Waals surface area contributed by atoms with Crippen LogP contribution in [0.15, 0.2) is 194 Å². The molecule has 5 heteroatoms. The highest BCUT2D eigenvalue weighted by Crippen LogP contribution is 2.36. The van der Waals surface area contributed by atoms with Crippen molar-refractivity contribution in [3.8, 4) is 0 Å². The van der Waals surface area contributed by atoms with Crippen molar-refractivity contribution in [1.82, 2.24) is 4.57 Å². The molecule has 0 aliphatic heterocycles. The van der Waals surface area contributed by atoms with E-state index in [1.165, 1.54) is 60.6 Å². The zero-order valence-electron chi connectivity index (χ0n) is 27.7. The Kier molecular flexibility index (Phi) is 7.86. The molecule has 0 aliphatic rings. The minimum atomic E-state index is -2.63. The summed E-state index contributed by atoms with van der Waals surface area (Å²) in [6.07, 6.45) is 0. The molecule has 0 spiro atoms. The summed E-state index contributed by atoms with van der Waals surface area (Å²) in [4.78, 5) is 0. The lowest BCUT2D eigenvalue weighted by molar-refractivity contribution is 1.02. The molecule has 9 aromatic rings. The molecule has 0 atom stereocenters. The van der Waals surface area contributed by atoms with Gasteiger partial charge in [0.15, 0.2) is 16.1 Å². The van der Waals surface area contributed by atoms with Crippen LogP contribution in [0.3, 0.4) is 0 Å². The molecule has 9 rings (SSSR count). The summed E-state index contributed by atoms with van der Waals surface area (Å²) in [5.74, 6) is 0. The first-order valence-corrected chi connectivity index (χ1v) is 22.7. The van der Waals surface area contributed by atoms with E-state index in [1.54, 1.807) is 0 Å². The predicted molar refractivity (Wildman–Crippen MR) is 223 cm³/mol. The Balaban J connectivity index is 1.34. The molecule has 6 aromatic carbocycles. The predicted octanol–water partition coefficient (Wildman–Crippen LogP) is 6.21. The number of aromatic nitrogens is 1. The molecule has 0 N–H and O–H groups in total. The van der Waals surface area contributed by atoms with E-state index in [9.17, 15) is 0 Å². The van der Waals surface area contributed by atoms with Gasteiger partial charge in [0, 0.05) is 16.0 Å². The number of aryl methyl sites for hydroxylation is 1. The Morgan fingerprint density at radius 3 is 0.780 bits per heavy atom. The van der Waals surface area contributed by atoms with Gasteiger partial charge in [0.2, 0.25) is 0 Å². The van der Waals surface area contributed by atoms with Gasteiger partial charge in [-0.15, -0.1) is 22.7 Å². The topological polar surface area (TPSA) is 4.93 Å². The van der Waals surface area contributed by atoms with Crippen LogP contribution < -0.4 is 40.1 Å². The van der Waals surface area contributed by atoms with Crippen LogP contribution in [0.1, 0.15) is 0 Å². The van der Waals surface area contributed by atoms with Gasteiger partial charge >= 0.3 is 0 Å². The molecular formula is C45H35NS2Si2. The highest BCUT2D eigenvalue weighted by atomic mass is 32.1. The smallest absolute Gasteiger partial charge is 0.191 e. The van der Waals surface area contributed by atoms with E-state index in [1.807, 2.05) is 22.7 Å². The summed E-state index contributed by atoms with van der Waals surface area (Å²) < 4.78 is 8.19. The first kappa shape index (κ1) is 31.0. The maximum atomic E-state index is 2.53. The maximum absolute atomic E-state index is 2.63. The molecule has 0 aliphatic carbocycles. The second kappa shape index (κ2) is 12.7. The average molecular weight is 710 g/mol. The van der Waals surface area contributed by atoms with Gasteiger partial charge in [-0.05, 0) is 43.3 Å². The number of thiophene rings is 2. The van der Waals surface area contributed by atoms with Crippen molar-refractivity contribution in [2.24, 2.45) is 7.05 Å². The number of hydrogen-bond donors (Lipinski definition) is 0. The zero-order chi connectivity index (χ0) is 33.5. The van der Waals surface area contributed by atoms with Crippen molar-refractivity contribution in [2.75, 3.05) is 0 Å². The van der Waals surface area contributed by atoms with Crippen LogP contribution >= 0.6 is 22.7 Å². The van der Waals surface area contributed by atoms with Crippen molar-refractivity contribution in [2.45, 2.75) is 0 Å². The molecule has 0 fully saturated rings. The zero-order valence-corrected chi connectivity index (χ0v) is 31.4. The monoisotopic (exact) mass is 709 g/mol. The Labute approximate surface area is 303 Å². The second-order valence-electron chi connectivity index (χ2n) is 12.9. The normalized spacial score (nSPS) is 12.1. The van der Waals surface area contributed by atoms with Gasteiger partial charge in [0.1, 0.15) is 0 Å². The molecule has 1 nitrogen and oxygen atoms in total. The fraction of sp³-hybridized carbons (Fsp3) is 0.0222. The number of hydrogen-bond acceptors (Lipinski definition) is 2. The third-order valence-corrected chi connectivity index (χ3v) is 23.8. The highest BCUT2D eigenvalue weighted by Gasteiger charge is 2.45. The summed E-state index contributed by atoms with van der Waals surface area (Å²) >= 11 is 4.03. The van der Waals surface area contributed by atoms with Crippen molar-refractivity contribution in [1.29, 1.82) is 0 Å². The molecule has 50 heavy (non-hydrogen) atoms. The molecule has 3 heterocycles. The molecule has 0 unspecified atom stereocenters. The molecule has 0 radical (unpaired) electrons. The third kappa shape index (κ3) is 4.69.